The molecule has 23 heavy (non-hydrogen) atoms. The van der Waals surface area contributed by atoms with Crippen LogP contribution in [0.25, 0.3) is 11.1 Å². The third-order valence-electron chi connectivity index (χ3n) is 3.69. The van der Waals surface area contributed by atoms with Gasteiger partial charge in [-0.25, -0.2) is 30.7 Å². The molecule has 9 heteroatoms. The molecule has 0 fully saturated rings. The molecular formula is C14H3F9. The van der Waals surface area contributed by atoms with E-state index in [1.165, 1.54) is 0 Å². The monoisotopic (exact) mass is 342 g/mol. The van der Waals surface area contributed by atoms with Crippen molar-refractivity contribution in [2.45, 2.75) is 12.8 Å². The lowest BCUT2D eigenvalue weighted by Crippen LogP contribution is -2.18. The maximum Gasteiger partial charge on any atom is 0.305 e. The Morgan fingerprint density at radius 1 is 0.522 bits per heavy atom. The Morgan fingerprint density at radius 3 is 1.43 bits per heavy atom. The fraction of sp³-hybridized carbons (Fsp3) is 0.143. The topological polar surface area (TPSA) is 0 Å². The van der Waals surface area contributed by atoms with Crippen molar-refractivity contribution in [1.82, 2.24) is 0 Å². The summed E-state index contributed by atoms with van der Waals surface area (Å²) < 4.78 is 124. The molecule has 0 nitrogen and oxygen atoms in total. The van der Waals surface area contributed by atoms with Crippen molar-refractivity contribution >= 4 is 0 Å². The van der Waals surface area contributed by atoms with Crippen LogP contribution in [0.5, 0.6) is 0 Å². The van der Waals surface area contributed by atoms with E-state index in [2.05, 4.69) is 0 Å². The Morgan fingerprint density at radius 2 is 0.913 bits per heavy atom. The third kappa shape index (κ3) is 1.64. The van der Waals surface area contributed by atoms with Crippen LogP contribution in [0, 0.1) is 47.6 Å². The van der Waals surface area contributed by atoms with Crippen molar-refractivity contribution in [3.8, 4) is 11.1 Å². The van der Waals surface area contributed by atoms with Crippen molar-refractivity contribution < 1.29 is 39.5 Å². The van der Waals surface area contributed by atoms with Crippen LogP contribution in [0.1, 0.15) is 16.7 Å². The van der Waals surface area contributed by atoms with Gasteiger partial charge in [-0.15, -0.1) is 0 Å². The van der Waals surface area contributed by atoms with E-state index in [0.29, 0.717) is 6.92 Å². The number of rotatable bonds is 0. The summed E-state index contributed by atoms with van der Waals surface area (Å²) in [7, 11) is 0. The average Bonchev–Trinajstić information content (AvgIpc) is 2.74. The molecule has 0 unspecified atom stereocenters. The van der Waals surface area contributed by atoms with E-state index >= 15 is 0 Å². The molecule has 1 aliphatic carbocycles. The molecule has 0 spiro atoms. The van der Waals surface area contributed by atoms with Gasteiger partial charge >= 0.3 is 5.92 Å². The van der Waals surface area contributed by atoms with Gasteiger partial charge in [0.2, 0.25) is 0 Å². The van der Waals surface area contributed by atoms with Crippen molar-refractivity contribution in [3.63, 3.8) is 0 Å². The Balaban J connectivity index is 2.63. The summed E-state index contributed by atoms with van der Waals surface area (Å²) in [5, 5.41) is 0. The second kappa shape index (κ2) is 4.42. The molecule has 0 N–H and O–H groups in total. The first-order chi connectivity index (χ1) is 10.5. The fourth-order valence-electron chi connectivity index (χ4n) is 2.59. The molecule has 0 amide bonds. The average molecular weight is 342 g/mol. The molecule has 3 rings (SSSR count). The molecule has 2 aromatic rings. The highest BCUT2D eigenvalue weighted by atomic mass is 19.3. The van der Waals surface area contributed by atoms with Crippen molar-refractivity contribution in [2.75, 3.05) is 0 Å². The lowest BCUT2D eigenvalue weighted by molar-refractivity contribution is 0.0388. The van der Waals surface area contributed by atoms with Gasteiger partial charge in [-0.3, -0.25) is 0 Å². The molecular weight excluding hydrogens is 339 g/mol. The molecule has 0 heterocycles. The maximum absolute atomic E-state index is 14.2. The van der Waals surface area contributed by atoms with Gasteiger partial charge in [-0.05, 0) is 6.92 Å². The van der Waals surface area contributed by atoms with Crippen molar-refractivity contribution in [1.29, 1.82) is 0 Å². The molecule has 0 saturated heterocycles. The predicted octanol–water partition coefficient (Wildman–Crippen LogP) is 5.09. The second-order valence-corrected chi connectivity index (χ2v) is 4.90. The van der Waals surface area contributed by atoms with Crippen LogP contribution in [0.3, 0.4) is 0 Å². The SMILES string of the molecule is Cc1c(F)c(F)c2c(c1F)C(F)(F)c1c(F)c(F)c(F)c(F)c1-2. The third-order valence-corrected chi connectivity index (χ3v) is 3.69. The first kappa shape index (κ1) is 15.7. The lowest BCUT2D eigenvalue weighted by atomic mass is 10.0. The number of halogens is 9. The van der Waals surface area contributed by atoms with Gasteiger partial charge in [0.25, 0.3) is 0 Å². The molecule has 2 aromatic carbocycles. The molecule has 0 aliphatic heterocycles. The summed E-state index contributed by atoms with van der Waals surface area (Å²) in [6.45, 7) is 0.626. The van der Waals surface area contributed by atoms with Gasteiger partial charge in [0, 0.05) is 16.7 Å². The zero-order valence-electron chi connectivity index (χ0n) is 10.9. The van der Waals surface area contributed by atoms with Gasteiger partial charge in [0.1, 0.15) is 5.82 Å². The minimum atomic E-state index is -4.71. The van der Waals surface area contributed by atoms with Gasteiger partial charge in [-0.2, -0.15) is 8.78 Å². The van der Waals surface area contributed by atoms with Crippen LogP contribution < -0.4 is 0 Å². The highest BCUT2D eigenvalue weighted by molar-refractivity contribution is 5.81. The summed E-state index contributed by atoms with van der Waals surface area (Å²) in [5.74, 6) is -20.6. The summed E-state index contributed by atoms with van der Waals surface area (Å²) in [6, 6.07) is 0. The summed E-state index contributed by atoms with van der Waals surface area (Å²) in [6.07, 6.45) is 0. The molecule has 0 aromatic heterocycles. The summed E-state index contributed by atoms with van der Waals surface area (Å²) in [5.41, 5.74) is -8.51. The molecule has 0 saturated carbocycles. The molecule has 0 bridgehead atoms. The highest BCUT2D eigenvalue weighted by Crippen LogP contribution is 2.56. The summed E-state index contributed by atoms with van der Waals surface area (Å²) >= 11 is 0. The first-order valence-electron chi connectivity index (χ1n) is 5.95. The standard InChI is InChI=1S/C14H3F9/c1-2-7(15)5-3(9(17)8(2)16)4-6(14(5,22)23)11(19)13(21)12(20)10(4)18/h1H3. The Labute approximate surface area is 122 Å². The largest absolute Gasteiger partial charge is 0.305 e. The Bertz CT molecular complexity index is 812. The lowest BCUT2D eigenvalue weighted by Gasteiger charge is -2.15. The van der Waals surface area contributed by atoms with E-state index in [1.54, 1.807) is 0 Å². The number of benzene rings is 2. The zero-order chi connectivity index (χ0) is 17.4. The number of hydrogen-bond donors (Lipinski definition) is 0. The molecule has 0 radical (unpaired) electrons. The first-order valence-corrected chi connectivity index (χ1v) is 5.95. The normalized spacial score (nSPS) is 14.9. The van der Waals surface area contributed by atoms with Gasteiger partial charge < -0.3 is 0 Å². The van der Waals surface area contributed by atoms with E-state index in [-0.39, 0.29) is 0 Å². The predicted molar refractivity (Wildman–Crippen MR) is 59.3 cm³/mol. The molecule has 1 aliphatic rings. The van der Waals surface area contributed by atoms with Gasteiger partial charge in [0.15, 0.2) is 34.9 Å². The highest BCUT2D eigenvalue weighted by Gasteiger charge is 2.54. The van der Waals surface area contributed by atoms with E-state index in [0.717, 1.165) is 0 Å². The molecule has 0 atom stereocenters. The van der Waals surface area contributed by atoms with Crippen molar-refractivity contribution in [2.24, 2.45) is 0 Å². The quantitative estimate of drug-likeness (QED) is 0.355. The molecule has 122 valence electrons. The van der Waals surface area contributed by atoms with Crippen LogP contribution in [0.4, 0.5) is 39.5 Å². The number of fused-ring (bicyclic) bond motifs is 3. The minimum Gasteiger partial charge on any atom is -0.206 e. The maximum atomic E-state index is 14.2. The zero-order valence-corrected chi connectivity index (χ0v) is 10.9. The van der Waals surface area contributed by atoms with Crippen molar-refractivity contribution in [3.05, 3.63) is 57.4 Å². The smallest absolute Gasteiger partial charge is 0.206 e. The van der Waals surface area contributed by atoms with Gasteiger partial charge in [-0.1, -0.05) is 0 Å². The van der Waals surface area contributed by atoms with E-state index in [1.807, 2.05) is 0 Å². The number of hydrogen-bond acceptors (Lipinski definition) is 0. The van der Waals surface area contributed by atoms with Crippen LogP contribution in [-0.2, 0) is 5.92 Å². The van der Waals surface area contributed by atoms with E-state index in [9.17, 15) is 39.5 Å². The van der Waals surface area contributed by atoms with Crippen LogP contribution in [-0.4, -0.2) is 0 Å². The van der Waals surface area contributed by atoms with E-state index < -0.39 is 74.5 Å². The second-order valence-electron chi connectivity index (χ2n) is 4.90. The van der Waals surface area contributed by atoms with E-state index in [4.69, 9.17) is 0 Å². The summed E-state index contributed by atoms with van der Waals surface area (Å²) in [4.78, 5) is 0. The Kier molecular flexibility index (Phi) is 3.02. The van der Waals surface area contributed by atoms with Crippen LogP contribution in [0.2, 0.25) is 0 Å². The fourth-order valence-corrected chi connectivity index (χ4v) is 2.59. The number of alkyl halides is 2. The Hall–Kier alpha value is -2.19. The van der Waals surface area contributed by atoms with Crippen LogP contribution >= 0.6 is 0 Å². The minimum absolute atomic E-state index is 0.626. The van der Waals surface area contributed by atoms with Crippen LogP contribution in [0.15, 0.2) is 0 Å². The van der Waals surface area contributed by atoms with Gasteiger partial charge in [0.05, 0.1) is 11.1 Å².